The average Bonchev–Trinajstić information content (AvgIpc) is 3.20. The van der Waals surface area contributed by atoms with Crippen LogP contribution >= 0.6 is 23.1 Å². The maximum Gasteiger partial charge on any atom is 0.230 e. The number of amides is 1. The summed E-state index contributed by atoms with van der Waals surface area (Å²) < 4.78 is 6.36. The van der Waals surface area contributed by atoms with Crippen LogP contribution in [-0.2, 0) is 11.2 Å². The average molecular weight is 443 g/mol. The van der Waals surface area contributed by atoms with Crippen molar-refractivity contribution in [1.82, 2.24) is 15.5 Å². The fourth-order valence-corrected chi connectivity index (χ4v) is 4.40. The van der Waals surface area contributed by atoms with Crippen LogP contribution in [0.5, 0.6) is 5.75 Å². The highest BCUT2D eigenvalue weighted by Gasteiger charge is 2.12. The van der Waals surface area contributed by atoms with Crippen molar-refractivity contribution in [3.05, 3.63) is 60.2 Å². The molecule has 158 valence electrons. The zero-order chi connectivity index (χ0) is 21.2. The molecule has 0 aliphatic carbocycles. The second kappa shape index (κ2) is 11.6. The smallest absolute Gasteiger partial charge is 0.230 e. The van der Waals surface area contributed by atoms with Crippen molar-refractivity contribution < 1.29 is 9.53 Å². The number of aryl methyl sites for hydroxylation is 1. The van der Waals surface area contributed by atoms with Crippen LogP contribution in [0, 0.1) is 0 Å². The van der Waals surface area contributed by atoms with Gasteiger partial charge in [-0.1, -0.05) is 65.6 Å². The standard InChI is InChI=1S/C22H26N4O2S2/c1-3-28-19-12-8-7-11-18(19)24-21-25-26-22(30-21)29-15-20(27)23-16(2)13-14-17-9-5-4-6-10-17/h4-12,16H,3,13-15H2,1-2H3,(H,23,27)(H,24,25). The third kappa shape index (κ3) is 7.03. The Morgan fingerprint density at radius 1 is 1.13 bits per heavy atom. The van der Waals surface area contributed by atoms with E-state index in [1.807, 2.05) is 56.3 Å². The Morgan fingerprint density at radius 2 is 1.90 bits per heavy atom. The molecule has 1 amide bonds. The largest absolute Gasteiger partial charge is 0.492 e. The molecule has 1 unspecified atom stereocenters. The van der Waals surface area contributed by atoms with Crippen LogP contribution in [0.1, 0.15) is 25.8 Å². The number of anilines is 2. The summed E-state index contributed by atoms with van der Waals surface area (Å²) in [7, 11) is 0. The molecule has 0 fully saturated rings. The van der Waals surface area contributed by atoms with Gasteiger partial charge < -0.3 is 15.4 Å². The zero-order valence-electron chi connectivity index (χ0n) is 17.1. The summed E-state index contributed by atoms with van der Waals surface area (Å²) in [5.74, 6) is 1.10. The van der Waals surface area contributed by atoms with Crippen molar-refractivity contribution in [3.63, 3.8) is 0 Å². The van der Waals surface area contributed by atoms with Crippen LogP contribution in [0.2, 0.25) is 0 Å². The van der Waals surface area contributed by atoms with Crippen LogP contribution in [-0.4, -0.2) is 34.5 Å². The number of para-hydroxylation sites is 2. The molecule has 0 radical (unpaired) electrons. The monoisotopic (exact) mass is 442 g/mol. The lowest BCUT2D eigenvalue weighted by Crippen LogP contribution is -2.34. The van der Waals surface area contributed by atoms with Gasteiger partial charge in [-0.25, -0.2) is 0 Å². The molecule has 0 saturated heterocycles. The Labute approximate surface area is 185 Å². The first kappa shape index (κ1) is 22.1. The SMILES string of the molecule is CCOc1ccccc1Nc1nnc(SCC(=O)NC(C)CCc2ccccc2)s1. The lowest BCUT2D eigenvalue weighted by Gasteiger charge is -2.13. The van der Waals surface area contributed by atoms with Gasteiger partial charge in [-0.05, 0) is 44.4 Å². The molecule has 0 spiro atoms. The molecule has 8 heteroatoms. The van der Waals surface area contributed by atoms with Crippen molar-refractivity contribution in [3.8, 4) is 5.75 Å². The second-order valence-corrected chi connectivity index (χ2v) is 8.91. The van der Waals surface area contributed by atoms with Gasteiger partial charge in [-0.15, -0.1) is 10.2 Å². The fraction of sp³-hybridized carbons (Fsp3) is 0.318. The molecule has 3 aromatic rings. The van der Waals surface area contributed by atoms with E-state index in [1.165, 1.54) is 28.7 Å². The van der Waals surface area contributed by atoms with E-state index in [-0.39, 0.29) is 11.9 Å². The van der Waals surface area contributed by atoms with Gasteiger partial charge in [0.05, 0.1) is 18.0 Å². The van der Waals surface area contributed by atoms with Gasteiger partial charge >= 0.3 is 0 Å². The molecule has 30 heavy (non-hydrogen) atoms. The maximum atomic E-state index is 12.2. The highest BCUT2D eigenvalue weighted by Crippen LogP contribution is 2.31. The second-order valence-electron chi connectivity index (χ2n) is 6.71. The van der Waals surface area contributed by atoms with E-state index in [0.29, 0.717) is 17.5 Å². The van der Waals surface area contributed by atoms with Crippen LogP contribution < -0.4 is 15.4 Å². The zero-order valence-corrected chi connectivity index (χ0v) is 18.8. The van der Waals surface area contributed by atoms with Gasteiger partial charge in [0.25, 0.3) is 0 Å². The Morgan fingerprint density at radius 3 is 2.70 bits per heavy atom. The molecule has 0 aliphatic rings. The molecular formula is C22H26N4O2S2. The summed E-state index contributed by atoms with van der Waals surface area (Å²) in [4.78, 5) is 12.2. The van der Waals surface area contributed by atoms with E-state index in [1.54, 1.807) is 0 Å². The highest BCUT2D eigenvalue weighted by molar-refractivity contribution is 8.01. The van der Waals surface area contributed by atoms with Crippen molar-refractivity contribution >= 4 is 39.8 Å². The van der Waals surface area contributed by atoms with Gasteiger partial charge in [0.15, 0.2) is 4.34 Å². The lowest BCUT2D eigenvalue weighted by molar-refractivity contribution is -0.119. The third-order valence-corrected chi connectivity index (χ3v) is 6.25. The molecule has 6 nitrogen and oxygen atoms in total. The topological polar surface area (TPSA) is 76.1 Å². The first-order chi connectivity index (χ1) is 14.6. The van der Waals surface area contributed by atoms with E-state index in [2.05, 4.69) is 33.0 Å². The minimum absolute atomic E-state index is 0.00645. The van der Waals surface area contributed by atoms with Gasteiger partial charge in [0, 0.05) is 6.04 Å². The predicted molar refractivity (Wildman–Crippen MR) is 124 cm³/mol. The van der Waals surface area contributed by atoms with Crippen LogP contribution in [0.3, 0.4) is 0 Å². The van der Waals surface area contributed by atoms with E-state index in [4.69, 9.17) is 4.74 Å². The first-order valence-electron chi connectivity index (χ1n) is 9.92. The van der Waals surface area contributed by atoms with Crippen molar-refractivity contribution in [2.75, 3.05) is 17.7 Å². The highest BCUT2D eigenvalue weighted by atomic mass is 32.2. The van der Waals surface area contributed by atoms with E-state index in [0.717, 1.165) is 28.6 Å². The van der Waals surface area contributed by atoms with Crippen LogP contribution in [0.15, 0.2) is 58.9 Å². The predicted octanol–water partition coefficient (Wildman–Crippen LogP) is 4.91. The number of benzene rings is 2. The molecule has 3 rings (SSSR count). The number of rotatable bonds is 11. The van der Waals surface area contributed by atoms with Crippen molar-refractivity contribution in [1.29, 1.82) is 0 Å². The molecule has 1 atom stereocenters. The third-order valence-electron chi connectivity index (χ3n) is 4.28. The Balaban J connectivity index is 1.43. The molecule has 2 N–H and O–H groups in total. The maximum absolute atomic E-state index is 12.2. The quantitative estimate of drug-likeness (QED) is 0.411. The normalized spacial score (nSPS) is 11.7. The molecule has 1 aromatic heterocycles. The fourth-order valence-electron chi connectivity index (χ4n) is 2.83. The number of thioether (sulfide) groups is 1. The number of carbonyl (C=O) groups excluding carboxylic acids is 1. The van der Waals surface area contributed by atoms with Crippen molar-refractivity contribution in [2.45, 2.75) is 37.1 Å². The number of aromatic nitrogens is 2. The molecular weight excluding hydrogens is 416 g/mol. The Kier molecular flexibility index (Phi) is 8.53. The van der Waals surface area contributed by atoms with Crippen LogP contribution in [0.4, 0.5) is 10.8 Å². The summed E-state index contributed by atoms with van der Waals surface area (Å²) in [5, 5.41) is 15.3. The number of hydrogen-bond donors (Lipinski definition) is 2. The summed E-state index contributed by atoms with van der Waals surface area (Å²) in [6, 6.07) is 18.1. The minimum Gasteiger partial charge on any atom is -0.492 e. The molecule has 0 bridgehead atoms. The minimum atomic E-state index is 0.00645. The summed E-state index contributed by atoms with van der Waals surface area (Å²) in [6.45, 7) is 4.58. The first-order valence-corrected chi connectivity index (χ1v) is 11.7. The van der Waals surface area contributed by atoms with E-state index in [9.17, 15) is 4.79 Å². The van der Waals surface area contributed by atoms with E-state index >= 15 is 0 Å². The van der Waals surface area contributed by atoms with E-state index < -0.39 is 0 Å². The molecule has 0 saturated carbocycles. The van der Waals surface area contributed by atoms with Crippen molar-refractivity contribution in [2.24, 2.45) is 0 Å². The van der Waals surface area contributed by atoms with Gasteiger partial charge in [0.2, 0.25) is 11.0 Å². The number of nitrogens with one attached hydrogen (secondary N) is 2. The van der Waals surface area contributed by atoms with Crippen LogP contribution in [0.25, 0.3) is 0 Å². The molecule has 1 heterocycles. The van der Waals surface area contributed by atoms with Gasteiger partial charge in [-0.2, -0.15) is 0 Å². The number of nitrogens with zero attached hydrogens (tertiary/aromatic N) is 2. The summed E-state index contributed by atoms with van der Waals surface area (Å²) in [6.07, 6.45) is 1.86. The molecule has 2 aromatic carbocycles. The number of hydrogen-bond acceptors (Lipinski definition) is 7. The van der Waals surface area contributed by atoms with Gasteiger partial charge in [0.1, 0.15) is 5.75 Å². The molecule has 0 aliphatic heterocycles. The number of ether oxygens (including phenoxy) is 1. The number of carbonyl (C=O) groups is 1. The lowest BCUT2D eigenvalue weighted by atomic mass is 10.1. The Hall–Kier alpha value is -2.58. The summed E-state index contributed by atoms with van der Waals surface area (Å²) >= 11 is 2.81. The Bertz CT molecular complexity index is 934. The van der Waals surface area contributed by atoms with Gasteiger partial charge in [-0.3, -0.25) is 4.79 Å². The summed E-state index contributed by atoms with van der Waals surface area (Å²) in [5.41, 5.74) is 2.13.